The van der Waals surface area contributed by atoms with E-state index >= 15 is 0 Å². The molecule has 0 fully saturated rings. The van der Waals surface area contributed by atoms with Crippen LogP contribution < -0.4 is 21.7 Å². The summed E-state index contributed by atoms with van der Waals surface area (Å²) in [5, 5.41) is 0. The maximum Gasteiger partial charge on any atom is 0.332 e. The first-order chi connectivity index (χ1) is 15.0. The molecule has 1 aromatic carbocycles. The van der Waals surface area contributed by atoms with Crippen LogP contribution in [0.2, 0.25) is 0 Å². The van der Waals surface area contributed by atoms with Crippen LogP contribution in [0.15, 0.2) is 32.7 Å². The van der Waals surface area contributed by atoms with Gasteiger partial charge in [0, 0.05) is 14.1 Å². The first-order valence-corrected chi connectivity index (χ1v) is 11.2. The van der Waals surface area contributed by atoms with Gasteiger partial charge in [0.15, 0.2) is 6.61 Å². The molecule has 0 unspecified atom stereocenters. The number of hydrogen-bond donors (Lipinski definition) is 2. The molecule has 13 nitrogen and oxygen atoms in total. The van der Waals surface area contributed by atoms with Crippen molar-refractivity contribution in [2.24, 2.45) is 14.1 Å². The van der Waals surface area contributed by atoms with Gasteiger partial charge in [-0.3, -0.25) is 23.5 Å². The molecule has 0 aliphatic rings. The predicted molar refractivity (Wildman–Crippen MR) is 114 cm³/mol. The summed E-state index contributed by atoms with van der Waals surface area (Å²) < 4.78 is 41.9. The molecular formula is C17H18N6O7S2. The molecule has 0 bridgehead atoms. The number of nitrogens with one attached hydrogen (secondary N) is 1. The Labute approximate surface area is 184 Å². The zero-order chi connectivity index (χ0) is 23.8. The second kappa shape index (κ2) is 8.60. The first kappa shape index (κ1) is 23.2. The van der Waals surface area contributed by atoms with Crippen LogP contribution in [0.3, 0.4) is 0 Å². The Morgan fingerprint density at radius 3 is 2.59 bits per heavy atom. The number of nitrogens with zero attached hydrogens (tertiary/aromatic N) is 4. The summed E-state index contributed by atoms with van der Waals surface area (Å²) in [4.78, 5) is 48.6. The van der Waals surface area contributed by atoms with Crippen molar-refractivity contribution in [2.75, 3.05) is 12.3 Å². The third-order valence-electron chi connectivity index (χ3n) is 4.56. The molecule has 1 atom stereocenters. The van der Waals surface area contributed by atoms with Crippen LogP contribution in [0.4, 0.5) is 5.82 Å². The van der Waals surface area contributed by atoms with E-state index in [-0.39, 0.29) is 16.2 Å². The number of fused-ring (bicyclic) bond motifs is 1. The van der Waals surface area contributed by atoms with Gasteiger partial charge in [0.2, 0.25) is 15.8 Å². The number of rotatable bonds is 7. The number of esters is 1. The number of hydrogen-bond acceptors (Lipinski definition) is 11. The molecule has 0 aliphatic carbocycles. The van der Waals surface area contributed by atoms with Crippen LogP contribution in [0.25, 0.3) is 11.0 Å². The Bertz CT molecular complexity index is 1450. The Morgan fingerprint density at radius 2 is 1.91 bits per heavy atom. The molecule has 170 valence electrons. The van der Waals surface area contributed by atoms with Crippen molar-refractivity contribution in [1.82, 2.24) is 22.6 Å². The monoisotopic (exact) mass is 482 g/mol. The van der Waals surface area contributed by atoms with E-state index in [0.29, 0.717) is 10.1 Å². The fraction of sp³-hybridized carbons (Fsp3) is 0.294. The zero-order valence-electron chi connectivity index (χ0n) is 17.1. The number of carbonyl (C=O) groups is 2. The van der Waals surface area contributed by atoms with E-state index in [1.54, 1.807) is 6.07 Å². The normalized spacial score (nSPS) is 12.6. The van der Waals surface area contributed by atoms with Gasteiger partial charge in [-0.25, -0.2) is 13.2 Å². The maximum absolute atomic E-state index is 12.7. The lowest BCUT2D eigenvalue weighted by Crippen LogP contribution is -2.43. The highest BCUT2D eigenvalue weighted by atomic mass is 32.2. The second-order valence-electron chi connectivity index (χ2n) is 6.73. The molecule has 15 heteroatoms. The van der Waals surface area contributed by atoms with E-state index in [0.717, 1.165) is 16.3 Å². The van der Waals surface area contributed by atoms with Gasteiger partial charge in [-0.2, -0.15) is 13.5 Å². The molecule has 0 radical (unpaired) electrons. The van der Waals surface area contributed by atoms with Crippen LogP contribution in [0.5, 0.6) is 0 Å². The van der Waals surface area contributed by atoms with Crippen molar-refractivity contribution in [3.8, 4) is 0 Å². The number of aromatic nitrogens is 4. The van der Waals surface area contributed by atoms with Gasteiger partial charge in [-0.1, -0.05) is 6.07 Å². The molecule has 0 amide bonds. The number of carbonyl (C=O) groups excluding carboxylic acids is 2. The SMILES string of the molecule is C[C@H](NS(=O)(=O)c1cccc2nsnc12)C(=O)OCC(=O)c1c(N)n(C)c(=O)n(C)c1=O. The highest BCUT2D eigenvalue weighted by Crippen LogP contribution is 2.21. The molecule has 0 saturated heterocycles. The molecule has 2 aromatic heterocycles. The summed E-state index contributed by atoms with van der Waals surface area (Å²) in [7, 11) is -1.72. The predicted octanol–water partition coefficient (Wildman–Crippen LogP) is -1.24. The van der Waals surface area contributed by atoms with Crippen LogP contribution in [0, 0.1) is 0 Å². The molecule has 2 heterocycles. The number of nitrogen functional groups attached to an aromatic ring is 1. The van der Waals surface area contributed by atoms with E-state index in [4.69, 9.17) is 10.5 Å². The smallest absolute Gasteiger partial charge is 0.332 e. The summed E-state index contributed by atoms with van der Waals surface area (Å²) >= 11 is 0.843. The van der Waals surface area contributed by atoms with Crippen molar-refractivity contribution in [3.63, 3.8) is 0 Å². The Morgan fingerprint density at radius 1 is 1.22 bits per heavy atom. The summed E-state index contributed by atoms with van der Waals surface area (Å²) in [5.74, 6) is -2.39. The Balaban J connectivity index is 1.73. The number of nitrogens with two attached hydrogens (primary N) is 1. The van der Waals surface area contributed by atoms with Crippen molar-refractivity contribution in [2.45, 2.75) is 17.9 Å². The lowest BCUT2D eigenvalue weighted by Gasteiger charge is -2.14. The molecule has 32 heavy (non-hydrogen) atoms. The lowest BCUT2D eigenvalue weighted by atomic mass is 10.2. The fourth-order valence-electron chi connectivity index (χ4n) is 2.80. The van der Waals surface area contributed by atoms with Crippen molar-refractivity contribution >= 4 is 50.4 Å². The van der Waals surface area contributed by atoms with Gasteiger partial charge in [0.1, 0.15) is 33.4 Å². The fourth-order valence-corrected chi connectivity index (χ4v) is 4.76. The maximum atomic E-state index is 12.7. The largest absolute Gasteiger partial charge is 0.456 e. The molecular weight excluding hydrogens is 464 g/mol. The number of benzene rings is 1. The average molecular weight is 483 g/mol. The van der Waals surface area contributed by atoms with E-state index in [1.165, 1.54) is 33.2 Å². The van der Waals surface area contributed by atoms with Crippen LogP contribution in [-0.4, -0.2) is 50.7 Å². The topological polar surface area (TPSA) is 185 Å². The molecule has 0 spiro atoms. The van der Waals surface area contributed by atoms with E-state index in [2.05, 4.69) is 13.5 Å². The summed E-state index contributed by atoms with van der Waals surface area (Å²) in [6, 6.07) is 3.02. The molecule has 3 rings (SSSR count). The number of sulfonamides is 1. The van der Waals surface area contributed by atoms with E-state index in [9.17, 15) is 27.6 Å². The standard InChI is InChI=1S/C17H18N6O7S2/c1-8(21-32(28,29)11-6-4-5-9-13(11)20-31-19-9)16(26)30-7-10(24)12-14(18)22(2)17(27)23(3)15(12)25/h4-6,8,21H,7,18H2,1-3H3/t8-/m0/s1. The third kappa shape index (κ3) is 4.17. The van der Waals surface area contributed by atoms with Crippen molar-refractivity contribution < 1.29 is 22.7 Å². The Hall–Kier alpha value is -3.43. The number of ether oxygens (including phenoxy) is 1. The summed E-state index contributed by atoms with van der Waals surface area (Å²) in [5.41, 5.74) is 4.05. The number of anilines is 1. The second-order valence-corrected chi connectivity index (χ2v) is 8.94. The minimum Gasteiger partial charge on any atom is -0.456 e. The summed E-state index contributed by atoms with van der Waals surface area (Å²) in [6.07, 6.45) is 0. The van der Waals surface area contributed by atoms with Gasteiger partial charge in [-0.05, 0) is 19.1 Å². The Kier molecular flexibility index (Phi) is 6.25. The van der Waals surface area contributed by atoms with E-state index in [1.807, 2.05) is 0 Å². The molecule has 3 aromatic rings. The molecule has 3 N–H and O–H groups in total. The van der Waals surface area contributed by atoms with Crippen molar-refractivity contribution in [3.05, 3.63) is 44.6 Å². The minimum atomic E-state index is -4.16. The van der Waals surface area contributed by atoms with Crippen LogP contribution >= 0.6 is 11.7 Å². The lowest BCUT2D eigenvalue weighted by molar-refractivity contribution is -0.144. The minimum absolute atomic E-state index is 0.154. The van der Waals surface area contributed by atoms with Gasteiger partial charge >= 0.3 is 11.7 Å². The highest BCUT2D eigenvalue weighted by molar-refractivity contribution is 7.89. The number of Topliss-reactive ketones (excluding diaryl/α,β-unsaturated/α-hetero) is 1. The molecule has 0 saturated carbocycles. The summed E-state index contributed by atoms with van der Waals surface area (Å²) in [6.45, 7) is 0.345. The van der Waals surface area contributed by atoms with Crippen molar-refractivity contribution in [1.29, 1.82) is 0 Å². The van der Waals surface area contributed by atoms with Crippen LogP contribution in [0.1, 0.15) is 17.3 Å². The quantitative estimate of drug-likeness (QED) is 0.305. The first-order valence-electron chi connectivity index (χ1n) is 8.94. The third-order valence-corrected chi connectivity index (χ3v) is 6.67. The van der Waals surface area contributed by atoms with Gasteiger partial charge in [0.05, 0.1) is 11.7 Å². The van der Waals surface area contributed by atoms with E-state index < -0.39 is 51.2 Å². The van der Waals surface area contributed by atoms with Gasteiger partial charge in [-0.15, -0.1) is 0 Å². The highest BCUT2D eigenvalue weighted by Gasteiger charge is 2.27. The van der Waals surface area contributed by atoms with Crippen LogP contribution in [-0.2, 0) is 33.7 Å². The zero-order valence-corrected chi connectivity index (χ0v) is 18.7. The van der Waals surface area contributed by atoms with Gasteiger partial charge < -0.3 is 10.5 Å². The molecule has 0 aliphatic heterocycles. The number of ketones is 1. The van der Waals surface area contributed by atoms with Gasteiger partial charge in [0.25, 0.3) is 5.56 Å². The average Bonchev–Trinajstić information content (AvgIpc) is 3.23.